The fourth-order valence-corrected chi connectivity index (χ4v) is 4.34. The second-order valence-corrected chi connectivity index (χ2v) is 9.28. The van der Waals surface area contributed by atoms with E-state index in [0.717, 1.165) is 33.7 Å². The predicted octanol–water partition coefficient (Wildman–Crippen LogP) is 6.99. The van der Waals surface area contributed by atoms with E-state index in [1.54, 1.807) is 0 Å². The van der Waals surface area contributed by atoms with Crippen molar-refractivity contribution >= 4 is 68.0 Å². The van der Waals surface area contributed by atoms with Crippen LogP contribution in [0.5, 0.6) is 0 Å². The Morgan fingerprint density at radius 3 is 1.38 bits per heavy atom. The summed E-state index contributed by atoms with van der Waals surface area (Å²) < 4.78 is 77.1. The Morgan fingerprint density at radius 2 is 1.06 bits per heavy atom. The van der Waals surface area contributed by atoms with Crippen LogP contribution in [0, 0.1) is 0 Å². The van der Waals surface area contributed by atoms with Gasteiger partial charge < -0.3 is 10.6 Å². The standard InChI is InChI=1S/C18H12Cl2F6N2O2S2/c19-13-3-1-9(5-11(13)17(21,22)23)27-15(29)7-31-32-8-16(30)28-10-2-4-14(20)12(6-10)18(24,25)26/h1-6H,7-8H2,(H,27,29)(H,28,30). The molecule has 0 unspecified atom stereocenters. The minimum absolute atomic E-state index is 0.0988. The highest BCUT2D eigenvalue weighted by molar-refractivity contribution is 8.77. The molecule has 0 saturated carbocycles. The van der Waals surface area contributed by atoms with Crippen molar-refractivity contribution in [3.8, 4) is 0 Å². The molecular formula is C18H12Cl2F6N2O2S2. The molecule has 174 valence electrons. The quantitative estimate of drug-likeness (QED) is 0.227. The molecule has 0 radical (unpaired) electrons. The molecule has 2 rings (SSSR count). The molecule has 0 spiro atoms. The largest absolute Gasteiger partial charge is 0.417 e. The minimum Gasteiger partial charge on any atom is -0.325 e. The van der Waals surface area contributed by atoms with E-state index in [1.807, 2.05) is 0 Å². The van der Waals surface area contributed by atoms with Crippen molar-refractivity contribution in [1.29, 1.82) is 0 Å². The van der Waals surface area contributed by atoms with Crippen LogP contribution in [0.1, 0.15) is 11.1 Å². The van der Waals surface area contributed by atoms with Crippen molar-refractivity contribution in [3.05, 3.63) is 57.6 Å². The van der Waals surface area contributed by atoms with Gasteiger partial charge in [0.15, 0.2) is 0 Å². The number of alkyl halides is 6. The Morgan fingerprint density at radius 1 is 0.719 bits per heavy atom. The minimum atomic E-state index is -4.68. The van der Waals surface area contributed by atoms with E-state index in [0.29, 0.717) is 12.1 Å². The van der Waals surface area contributed by atoms with Gasteiger partial charge in [-0.05, 0) is 36.4 Å². The van der Waals surface area contributed by atoms with Gasteiger partial charge >= 0.3 is 12.4 Å². The van der Waals surface area contributed by atoms with Crippen LogP contribution in [0.2, 0.25) is 10.0 Å². The zero-order valence-corrected chi connectivity index (χ0v) is 18.7. The average Bonchev–Trinajstić information content (AvgIpc) is 2.66. The number of hydrogen-bond donors (Lipinski definition) is 2. The molecule has 0 aliphatic heterocycles. The highest BCUT2D eigenvalue weighted by Crippen LogP contribution is 2.37. The third-order valence-corrected chi connectivity index (χ3v) is 6.37. The first kappa shape index (κ1) is 26.5. The maximum atomic E-state index is 12.8. The lowest BCUT2D eigenvalue weighted by atomic mass is 10.2. The summed E-state index contributed by atoms with van der Waals surface area (Å²) in [7, 11) is 1.87. The van der Waals surface area contributed by atoms with Gasteiger partial charge in [-0.1, -0.05) is 44.8 Å². The summed E-state index contributed by atoms with van der Waals surface area (Å²) in [6.07, 6.45) is -9.36. The molecule has 0 aromatic heterocycles. The van der Waals surface area contributed by atoms with Crippen molar-refractivity contribution in [3.63, 3.8) is 0 Å². The van der Waals surface area contributed by atoms with Crippen LogP contribution in [0.3, 0.4) is 0 Å². The number of benzene rings is 2. The molecule has 4 nitrogen and oxygen atoms in total. The Labute approximate surface area is 195 Å². The van der Waals surface area contributed by atoms with Gasteiger partial charge in [0.05, 0.1) is 32.7 Å². The van der Waals surface area contributed by atoms with Gasteiger partial charge in [-0.3, -0.25) is 9.59 Å². The second kappa shape index (κ2) is 10.9. The molecule has 0 bridgehead atoms. The zero-order valence-electron chi connectivity index (χ0n) is 15.5. The Bertz CT molecular complexity index is 923. The Hall–Kier alpha value is -1.76. The summed E-state index contributed by atoms with van der Waals surface area (Å²) in [4.78, 5) is 23.8. The molecule has 0 fully saturated rings. The molecule has 0 aliphatic carbocycles. The molecule has 2 aromatic rings. The lowest BCUT2D eigenvalue weighted by Gasteiger charge is -2.12. The van der Waals surface area contributed by atoms with Crippen LogP contribution in [-0.4, -0.2) is 23.3 Å². The molecular weight excluding hydrogens is 525 g/mol. The van der Waals surface area contributed by atoms with E-state index < -0.39 is 45.3 Å². The maximum absolute atomic E-state index is 12.8. The number of rotatable bonds is 7. The highest BCUT2D eigenvalue weighted by Gasteiger charge is 2.34. The molecule has 0 heterocycles. The number of halogens is 8. The van der Waals surface area contributed by atoms with E-state index in [9.17, 15) is 35.9 Å². The van der Waals surface area contributed by atoms with Gasteiger partial charge in [0.2, 0.25) is 11.8 Å². The fourth-order valence-electron chi connectivity index (χ4n) is 2.23. The van der Waals surface area contributed by atoms with Crippen molar-refractivity contribution in [1.82, 2.24) is 0 Å². The van der Waals surface area contributed by atoms with Gasteiger partial charge in [-0.25, -0.2) is 0 Å². The molecule has 14 heteroatoms. The van der Waals surface area contributed by atoms with Gasteiger partial charge in [-0.2, -0.15) is 26.3 Å². The van der Waals surface area contributed by atoms with E-state index in [-0.39, 0.29) is 22.9 Å². The van der Waals surface area contributed by atoms with Gasteiger partial charge in [-0.15, -0.1) is 0 Å². The topological polar surface area (TPSA) is 58.2 Å². The summed E-state index contributed by atoms with van der Waals surface area (Å²) >= 11 is 11.0. The SMILES string of the molecule is O=C(CSSCC(=O)Nc1ccc(Cl)c(C(F)(F)F)c1)Nc1ccc(Cl)c(C(F)(F)F)c1. The van der Waals surface area contributed by atoms with Crippen molar-refractivity contribution < 1.29 is 35.9 Å². The third-order valence-electron chi connectivity index (χ3n) is 3.57. The second-order valence-electron chi connectivity index (χ2n) is 6.01. The summed E-state index contributed by atoms with van der Waals surface area (Å²) in [5.41, 5.74) is -2.38. The highest BCUT2D eigenvalue weighted by atomic mass is 35.5. The van der Waals surface area contributed by atoms with Crippen LogP contribution >= 0.6 is 44.8 Å². The molecule has 2 amide bonds. The Balaban J connectivity index is 1.80. The summed E-state index contributed by atoms with van der Waals surface area (Å²) in [6.45, 7) is 0. The molecule has 2 N–H and O–H groups in total. The van der Waals surface area contributed by atoms with Crippen LogP contribution in [-0.2, 0) is 21.9 Å². The van der Waals surface area contributed by atoms with Crippen LogP contribution in [0.25, 0.3) is 0 Å². The number of carbonyl (C=O) groups excluding carboxylic acids is 2. The molecule has 0 saturated heterocycles. The lowest BCUT2D eigenvalue weighted by molar-refractivity contribution is -0.138. The van der Waals surface area contributed by atoms with Crippen molar-refractivity contribution in [2.45, 2.75) is 12.4 Å². The molecule has 32 heavy (non-hydrogen) atoms. The van der Waals surface area contributed by atoms with Gasteiger partial charge in [0.25, 0.3) is 0 Å². The molecule has 0 aliphatic rings. The molecule has 0 atom stereocenters. The number of amides is 2. The maximum Gasteiger partial charge on any atom is 0.417 e. The van der Waals surface area contributed by atoms with Crippen LogP contribution < -0.4 is 10.6 Å². The third kappa shape index (κ3) is 7.98. The summed E-state index contributed by atoms with van der Waals surface area (Å²) in [6, 6.07) is 5.84. The first-order chi connectivity index (χ1) is 14.8. The fraction of sp³-hybridized carbons (Fsp3) is 0.222. The van der Waals surface area contributed by atoms with Crippen LogP contribution in [0.15, 0.2) is 36.4 Å². The first-order valence-electron chi connectivity index (χ1n) is 8.35. The monoisotopic (exact) mass is 536 g/mol. The number of hydrogen-bond acceptors (Lipinski definition) is 4. The summed E-state index contributed by atoms with van der Waals surface area (Å²) in [5, 5.41) is 3.56. The van der Waals surface area contributed by atoms with Crippen molar-refractivity contribution in [2.75, 3.05) is 22.1 Å². The van der Waals surface area contributed by atoms with Crippen molar-refractivity contribution in [2.24, 2.45) is 0 Å². The first-order valence-corrected chi connectivity index (χ1v) is 11.6. The predicted molar refractivity (Wildman–Crippen MR) is 115 cm³/mol. The average molecular weight is 537 g/mol. The van der Waals surface area contributed by atoms with Gasteiger partial charge in [0, 0.05) is 11.4 Å². The van der Waals surface area contributed by atoms with Gasteiger partial charge in [0.1, 0.15) is 0 Å². The lowest BCUT2D eigenvalue weighted by Crippen LogP contribution is -2.16. The molecule has 2 aromatic carbocycles. The zero-order chi connectivity index (χ0) is 24.1. The number of nitrogens with one attached hydrogen (secondary N) is 2. The summed E-state index contributed by atoms with van der Waals surface area (Å²) in [5.74, 6) is -1.63. The Kier molecular flexibility index (Phi) is 9.03. The number of carbonyl (C=O) groups is 2. The number of anilines is 2. The van der Waals surface area contributed by atoms with E-state index in [1.165, 1.54) is 12.1 Å². The normalized spacial score (nSPS) is 11.9. The van der Waals surface area contributed by atoms with E-state index >= 15 is 0 Å². The van der Waals surface area contributed by atoms with Crippen LogP contribution in [0.4, 0.5) is 37.7 Å². The van der Waals surface area contributed by atoms with E-state index in [4.69, 9.17) is 23.2 Å². The van der Waals surface area contributed by atoms with E-state index in [2.05, 4.69) is 10.6 Å². The smallest absolute Gasteiger partial charge is 0.325 e.